The minimum atomic E-state index is -1.13. The molecule has 2 N–H and O–H groups in total. The second-order valence-corrected chi connectivity index (χ2v) is 5.05. The Morgan fingerprint density at radius 1 is 1.47 bits per heavy atom. The minimum Gasteiger partial charge on any atom is -0.394 e. The third kappa shape index (κ3) is 1.99. The molecule has 0 bridgehead atoms. The molecular weight excluding hydrogens is 248 g/mol. The lowest BCUT2D eigenvalue weighted by atomic mass is 9.90. The van der Waals surface area contributed by atoms with E-state index in [9.17, 15) is 9.90 Å². The Bertz CT molecular complexity index is 501. The molecule has 5 heteroatoms. The van der Waals surface area contributed by atoms with Crippen LogP contribution in [-0.2, 0) is 22.5 Å². The van der Waals surface area contributed by atoms with Crippen molar-refractivity contribution in [3.05, 3.63) is 34.9 Å². The molecule has 2 heterocycles. The van der Waals surface area contributed by atoms with Crippen molar-refractivity contribution in [2.24, 2.45) is 0 Å². The van der Waals surface area contributed by atoms with E-state index in [1.165, 1.54) is 0 Å². The number of ether oxygens (including phenoxy) is 2. The third-order valence-electron chi connectivity index (χ3n) is 3.90. The first-order valence-corrected chi connectivity index (χ1v) is 6.35. The van der Waals surface area contributed by atoms with Crippen LogP contribution in [0.2, 0.25) is 0 Å². The van der Waals surface area contributed by atoms with Crippen molar-refractivity contribution >= 4 is 6.29 Å². The number of aliphatic hydroxyl groups excluding tert-OH is 2. The average molecular weight is 264 g/mol. The van der Waals surface area contributed by atoms with Crippen molar-refractivity contribution in [3.63, 3.8) is 0 Å². The molecule has 3 rings (SSSR count). The summed E-state index contributed by atoms with van der Waals surface area (Å²) in [6, 6.07) is 5.46. The number of aldehydes is 1. The molecule has 1 aromatic carbocycles. The smallest absolute Gasteiger partial charge is 0.199 e. The van der Waals surface area contributed by atoms with E-state index in [0.717, 1.165) is 17.4 Å². The molecule has 3 atom stereocenters. The molecule has 0 saturated carbocycles. The van der Waals surface area contributed by atoms with E-state index in [2.05, 4.69) is 0 Å². The van der Waals surface area contributed by atoms with Crippen LogP contribution in [0.5, 0.6) is 0 Å². The summed E-state index contributed by atoms with van der Waals surface area (Å²) < 4.78 is 11.4. The van der Waals surface area contributed by atoms with Crippen molar-refractivity contribution in [1.29, 1.82) is 0 Å². The second kappa shape index (κ2) is 4.68. The first-order valence-electron chi connectivity index (χ1n) is 6.35. The maximum Gasteiger partial charge on any atom is 0.199 e. The topological polar surface area (TPSA) is 76.0 Å². The highest BCUT2D eigenvalue weighted by atomic mass is 16.7. The van der Waals surface area contributed by atoms with E-state index in [1.807, 2.05) is 12.1 Å². The van der Waals surface area contributed by atoms with Crippen molar-refractivity contribution in [3.8, 4) is 0 Å². The Kier molecular flexibility index (Phi) is 3.14. The number of hydrogen-bond donors (Lipinski definition) is 2. The summed E-state index contributed by atoms with van der Waals surface area (Å²) in [5, 5.41) is 19.3. The van der Waals surface area contributed by atoms with E-state index in [-0.39, 0.29) is 6.61 Å². The molecule has 0 amide bonds. The van der Waals surface area contributed by atoms with Crippen LogP contribution in [0.1, 0.15) is 27.9 Å². The molecular formula is C14H16O5. The summed E-state index contributed by atoms with van der Waals surface area (Å²) in [7, 11) is 0. The Morgan fingerprint density at radius 2 is 2.32 bits per heavy atom. The van der Waals surface area contributed by atoms with Crippen LogP contribution in [0.15, 0.2) is 18.2 Å². The first kappa shape index (κ1) is 12.7. The lowest BCUT2D eigenvalue weighted by Crippen LogP contribution is -2.47. The normalized spacial score (nSPS) is 33.4. The highest BCUT2D eigenvalue weighted by Gasteiger charge is 2.51. The van der Waals surface area contributed by atoms with Crippen molar-refractivity contribution < 1.29 is 24.5 Å². The molecule has 1 fully saturated rings. The number of carbonyl (C=O) groups is 1. The number of fused-ring (bicyclic) bond motifs is 1. The second-order valence-electron chi connectivity index (χ2n) is 5.05. The summed E-state index contributed by atoms with van der Waals surface area (Å²) in [6.07, 6.45) is 0.268. The van der Waals surface area contributed by atoms with Gasteiger partial charge in [-0.2, -0.15) is 0 Å². The maximum absolute atomic E-state index is 11.1. The van der Waals surface area contributed by atoms with Gasteiger partial charge in [0.25, 0.3) is 0 Å². The van der Waals surface area contributed by atoms with Gasteiger partial charge < -0.3 is 19.7 Å². The fourth-order valence-corrected chi connectivity index (χ4v) is 2.85. The Hall–Kier alpha value is -1.27. The van der Waals surface area contributed by atoms with Gasteiger partial charge >= 0.3 is 0 Å². The number of carbonyl (C=O) groups excluding carboxylic acids is 1. The van der Waals surface area contributed by atoms with Gasteiger partial charge in [0.1, 0.15) is 12.4 Å². The van der Waals surface area contributed by atoms with E-state index < -0.39 is 18.0 Å². The van der Waals surface area contributed by atoms with E-state index in [1.54, 1.807) is 6.07 Å². The minimum absolute atomic E-state index is 0.148. The van der Waals surface area contributed by atoms with Crippen LogP contribution >= 0.6 is 0 Å². The number of hydrogen-bond acceptors (Lipinski definition) is 5. The van der Waals surface area contributed by atoms with Gasteiger partial charge in [-0.3, -0.25) is 4.79 Å². The molecule has 1 aromatic rings. The van der Waals surface area contributed by atoms with Crippen LogP contribution in [0.4, 0.5) is 0 Å². The lowest BCUT2D eigenvalue weighted by Gasteiger charge is -2.37. The SMILES string of the molecule is O=Cc1cccc2c1C[C@]1(OC2)O[C@H](CO)C[C@@H]1O. The third-order valence-corrected chi connectivity index (χ3v) is 3.90. The highest BCUT2D eigenvalue weighted by molar-refractivity contribution is 5.78. The zero-order valence-electron chi connectivity index (χ0n) is 10.4. The summed E-state index contributed by atoms with van der Waals surface area (Å²) in [5.74, 6) is -1.13. The maximum atomic E-state index is 11.1. The number of aliphatic hydroxyl groups is 2. The van der Waals surface area contributed by atoms with E-state index in [4.69, 9.17) is 14.6 Å². The van der Waals surface area contributed by atoms with Gasteiger partial charge in [0.15, 0.2) is 5.79 Å². The predicted molar refractivity (Wildman–Crippen MR) is 65.6 cm³/mol. The molecule has 2 aliphatic heterocycles. The number of benzene rings is 1. The quantitative estimate of drug-likeness (QED) is 0.757. The Morgan fingerprint density at radius 3 is 3.00 bits per heavy atom. The van der Waals surface area contributed by atoms with Gasteiger partial charge in [0, 0.05) is 18.4 Å². The zero-order chi connectivity index (χ0) is 13.5. The largest absolute Gasteiger partial charge is 0.394 e. The molecule has 2 aliphatic rings. The number of rotatable bonds is 2. The Labute approximate surface area is 110 Å². The predicted octanol–water partition coefficient (Wildman–Crippen LogP) is 0.410. The van der Waals surface area contributed by atoms with Crippen molar-refractivity contribution in [1.82, 2.24) is 0 Å². The lowest BCUT2D eigenvalue weighted by molar-refractivity contribution is -0.270. The molecule has 0 aliphatic carbocycles. The molecule has 102 valence electrons. The zero-order valence-corrected chi connectivity index (χ0v) is 10.4. The fraction of sp³-hybridized carbons (Fsp3) is 0.500. The van der Waals surface area contributed by atoms with Gasteiger partial charge in [-0.05, 0) is 11.1 Å². The van der Waals surface area contributed by atoms with Gasteiger partial charge in [0.05, 0.1) is 19.3 Å². The first-order chi connectivity index (χ1) is 9.18. The van der Waals surface area contributed by atoms with Gasteiger partial charge in [-0.15, -0.1) is 0 Å². The molecule has 1 spiro atoms. The van der Waals surface area contributed by atoms with Gasteiger partial charge in [-0.25, -0.2) is 0 Å². The van der Waals surface area contributed by atoms with Crippen molar-refractivity contribution in [2.75, 3.05) is 6.61 Å². The monoisotopic (exact) mass is 264 g/mol. The molecule has 5 nitrogen and oxygen atoms in total. The van der Waals surface area contributed by atoms with E-state index >= 15 is 0 Å². The summed E-state index contributed by atoms with van der Waals surface area (Å²) in [6.45, 7) is 0.149. The summed E-state index contributed by atoms with van der Waals surface area (Å²) >= 11 is 0. The summed E-state index contributed by atoms with van der Waals surface area (Å²) in [4.78, 5) is 11.1. The van der Waals surface area contributed by atoms with Crippen LogP contribution in [0.3, 0.4) is 0 Å². The van der Waals surface area contributed by atoms with Gasteiger partial charge in [0.2, 0.25) is 0 Å². The van der Waals surface area contributed by atoms with Crippen LogP contribution in [0.25, 0.3) is 0 Å². The van der Waals surface area contributed by atoms with Crippen LogP contribution < -0.4 is 0 Å². The van der Waals surface area contributed by atoms with E-state index in [0.29, 0.717) is 25.0 Å². The molecule has 0 aromatic heterocycles. The molecule has 0 unspecified atom stereocenters. The van der Waals surface area contributed by atoms with Crippen molar-refractivity contribution in [2.45, 2.75) is 37.4 Å². The average Bonchev–Trinajstić information content (AvgIpc) is 2.74. The van der Waals surface area contributed by atoms with Gasteiger partial charge in [-0.1, -0.05) is 18.2 Å². The molecule has 19 heavy (non-hydrogen) atoms. The van der Waals surface area contributed by atoms with Crippen LogP contribution in [-0.4, -0.2) is 41.1 Å². The molecule has 0 radical (unpaired) electrons. The Balaban J connectivity index is 1.95. The fourth-order valence-electron chi connectivity index (χ4n) is 2.85. The standard InChI is InChI=1S/C14H16O5/c15-6-9-2-1-3-10-8-18-14(5-12(9)10)13(17)4-11(7-16)19-14/h1-3,6,11,13,16-17H,4-5,7-8H2/t11-,13-,14-/m0/s1. The summed E-state index contributed by atoms with van der Waals surface area (Å²) in [5.41, 5.74) is 2.41. The highest BCUT2D eigenvalue weighted by Crippen LogP contribution is 2.40. The molecule has 1 saturated heterocycles. The van der Waals surface area contributed by atoms with Crippen LogP contribution in [0, 0.1) is 0 Å².